The van der Waals surface area contributed by atoms with Crippen LogP contribution in [0.3, 0.4) is 0 Å². The molecule has 3 atom stereocenters. The van der Waals surface area contributed by atoms with Crippen molar-refractivity contribution in [3.8, 4) is 5.75 Å². The van der Waals surface area contributed by atoms with E-state index in [-0.39, 0.29) is 29.6 Å². The number of benzene rings is 3. The molecule has 51 heavy (non-hydrogen) atoms. The number of nitrogens with one attached hydrogen (secondary N) is 2. The van der Waals surface area contributed by atoms with Crippen molar-refractivity contribution in [2.75, 3.05) is 43.3 Å². The fraction of sp³-hybridized carbons (Fsp3) is 0.459. The molecule has 0 saturated carbocycles. The lowest BCUT2D eigenvalue weighted by Crippen LogP contribution is -2.52. The molecule has 3 aromatic carbocycles. The average Bonchev–Trinajstić information content (AvgIpc) is 3.23. The summed E-state index contributed by atoms with van der Waals surface area (Å²) in [6.07, 6.45) is 5.22. The summed E-state index contributed by atoms with van der Waals surface area (Å²) in [5.41, 5.74) is -0.355. The molecule has 0 fully saturated rings. The summed E-state index contributed by atoms with van der Waals surface area (Å²) >= 11 is 1.38. The lowest BCUT2D eigenvalue weighted by Gasteiger charge is -2.36. The number of nitrogens with zero attached hydrogens (tertiary/aromatic N) is 1. The van der Waals surface area contributed by atoms with Gasteiger partial charge in [0.2, 0.25) is 0 Å². The van der Waals surface area contributed by atoms with Gasteiger partial charge in [-0.15, -0.1) is 11.8 Å². The van der Waals surface area contributed by atoms with E-state index in [1.165, 1.54) is 17.8 Å². The highest BCUT2D eigenvalue weighted by Gasteiger charge is 2.42. The van der Waals surface area contributed by atoms with Gasteiger partial charge in [-0.25, -0.2) is 8.42 Å². The van der Waals surface area contributed by atoms with Gasteiger partial charge in [0, 0.05) is 36.9 Å². The van der Waals surface area contributed by atoms with Crippen LogP contribution in [0.2, 0.25) is 0 Å². The van der Waals surface area contributed by atoms with Crippen molar-refractivity contribution in [1.82, 2.24) is 10.6 Å². The first-order valence-corrected chi connectivity index (χ1v) is 21.2. The summed E-state index contributed by atoms with van der Waals surface area (Å²) in [5, 5.41) is 5.29. The number of unbranched alkanes of at least 4 members (excludes halogenated alkanes) is 1. The molecule has 11 nitrogen and oxygen atoms in total. The number of hydrogen-bond donors (Lipinski definition) is 2. The van der Waals surface area contributed by atoms with Crippen LogP contribution in [0.5, 0.6) is 5.75 Å². The first-order chi connectivity index (χ1) is 24.5. The molecule has 0 aliphatic carbocycles. The van der Waals surface area contributed by atoms with Crippen molar-refractivity contribution < 1.29 is 36.8 Å². The molecule has 0 saturated heterocycles. The van der Waals surface area contributed by atoms with Gasteiger partial charge in [-0.05, 0) is 56.7 Å². The minimum Gasteiger partial charge on any atom is -0.483 e. The van der Waals surface area contributed by atoms with Crippen molar-refractivity contribution >= 4 is 53.2 Å². The smallest absolute Gasteiger partial charge is 0.300 e. The van der Waals surface area contributed by atoms with Gasteiger partial charge in [0.25, 0.3) is 11.8 Å². The Kier molecular flexibility index (Phi) is 14.6. The number of carbonyl (C=O) groups excluding carboxylic acids is 2. The highest BCUT2D eigenvalue weighted by atomic mass is 32.2. The molecule has 3 aromatic rings. The SMILES string of the molecule is CCCCC1(CC)CN(c2ccccc2)c2cc(SC)c(OCC(=O)N[C@@H](C(=O)NC(OCC)(OCC)[PH2]=O)c3ccccc3)cc2S(=O)(=O)C1. The quantitative estimate of drug-likeness (QED) is 0.0817. The zero-order chi connectivity index (χ0) is 37.1. The maximum Gasteiger partial charge on any atom is 0.300 e. The molecule has 14 heteroatoms. The van der Waals surface area contributed by atoms with Crippen molar-refractivity contribution in [3.63, 3.8) is 0 Å². The van der Waals surface area contributed by atoms with Gasteiger partial charge >= 0.3 is 5.65 Å². The molecule has 1 aliphatic heterocycles. The van der Waals surface area contributed by atoms with E-state index in [1.54, 1.807) is 44.2 Å². The van der Waals surface area contributed by atoms with E-state index >= 15 is 0 Å². The average molecular weight is 760 g/mol. The molecular weight excluding hydrogens is 710 g/mol. The minimum absolute atomic E-state index is 0.00466. The summed E-state index contributed by atoms with van der Waals surface area (Å²) in [6.45, 7) is 7.83. The molecule has 0 bridgehead atoms. The van der Waals surface area contributed by atoms with Crippen LogP contribution >= 0.6 is 20.2 Å². The monoisotopic (exact) mass is 759 g/mol. The molecule has 278 valence electrons. The Morgan fingerprint density at radius 2 is 1.65 bits per heavy atom. The number of carbonyl (C=O) groups is 2. The Morgan fingerprint density at radius 1 is 1.00 bits per heavy atom. The number of fused-ring (bicyclic) bond motifs is 1. The Balaban J connectivity index is 1.66. The Labute approximate surface area is 307 Å². The van der Waals surface area contributed by atoms with E-state index in [2.05, 4.69) is 29.4 Å². The number of amides is 2. The predicted octanol–water partition coefficient (Wildman–Crippen LogP) is 6.71. The number of rotatable bonds is 18. The van der Waals surface area contributed by atoms with Gasteiger partial charge in [0.15, 0.2) is 16.4 Å². The number of para-hydroxylation sites is 1. The van der Waals surface area contributed by atoms with Gasteiger partial charge in [0.05, 0.1) is 21.2 Å². The fourth-order valence-electron chi connectivity index (χ4n) is 6.32. The van der Waals surface area contributed by atoms with Crippen molar-refractivity contribution in [2.45, 2.75) is 74.9 Å². The lowest BCUT2D eigenvalue weighted by atomic mass is 9.81. The van der Waals surface area contributed by atoms with Gasteiger partial charge in [0.1, 0.15) is 20.3 Å². The standard InChI is InChI=1S/C37H50N3O8PS2/c1-6-10-21-36(7-2)25-40(28-19-15-12-16-20-28)29-22-31(50-5)30(23-32(29)51(44,45)26-36)46-24-33(41)38-34(27-17-13-11-14-18-27)35(42)39-37(49-43,47-8-3)48-9-4/h11-20,22-23,34H,6-10,21,24-26,49H2,1-5H3,(H,38,41)(H,39,42)/t34-,36?/m1/s1. The summed E-state index contributed by atoms with van der Waals surface area (Å²) in [6, 6.07) is 20.5. The molecule has 2 unspecified atom stereocenters. The fourth-order valence-corrected chi connectivity index (χ4v) is 9.71. The van der Waals surface area contributed by atoms with E-state index in [4.69, 9.17) is 14.2 Å². The van der Waals surface area contributed by atoms with Crippen molar-refractivity contribution in [3.05, 3.63) is 78.4 Å². The van der Waals surface area contributed by atoms with Crippen molar-refractivity contribution in [2.24, 2.45) is 5.41 Å². The summed E-state index contributed by atoms with van der Waals surface area (Å²) in [4.78, 5) is 30.0. The van der Waals surface area contributed by atoms with Crippen LogP contribution in [0.15, 0.2) is 82.6 Å². The van der Waals surface area contributed by atoms with E-state index in [0.717, 1.165) is 24.9 Å². The summed E-state index contributed by atoms with van der Waals surface area (Å²) < 4.78 is 57.8. The molecule has 0 radical (unpaired) electrons. The highest BCUT2D eigenvalue weighted by molar-refractivity contribution is 7.98. The Morgan fingerprint density at radius 3 is 2.22 bits per heavy atom. The number of thioether (sulfide) groups is 1. The van der Waals surface area contributed by atoms with E-state index < -0.39 is 53.8 Å². The van der Waals surface area contributed by atoms with Crippen LogP contribution in [-0.4, -0.2) is 64.3 Å². The number of anilines is 2. The third-order valence-electron chi connectivity index (χ3n) is 8.97. The number of sulfone groups is 1. The van der Waals surface area contributed by atoms with Crippen LogP contribution in [0.1, 0.15) is 65.0 Å². The second-order valence-electron chi connectivity index (χ2n) is 12.4. The molecule has 0 aromatic heterocycles. The van der Waals surface area contributed by atoms with E-state index in [9.17, 15) is 22.6 Å². The third kappa shape index (κ3) is 9.96. The maximum atomic E-state index is 14.3. The third-order valence-corrected chi connectivity index (χ3v) is 12.5. The number of hydrogen-bond acceptors (Lipinski definition) is 10. The van der Waals surface area contributed by atoms with Crippen LogP contribution in [-0.2, 0) is 33.5 Å². The first-order valence-electron chi connectivity index (χ1n) is 17.3. The summed E-state index contributed by atoms with van der Waals surface area (Å²) in [5.74, 6) is -1.08. The Bertz CT molecular complexity index is 1740. The minimum atomic E-state index is -3.78. The largest absolute Gasteiger partial charge is 0.483 e. The lowest BCUT2D eigenvalue weighted by molar-refractivity contribution is -0.193. The van der Waals surface area contributed by atoms with Gasteiger partial charge in [-0.1, -0.05) is 75.2 Å². The second kappa shape index (κ2) is 18.4. The topological polar surface area (TPSA) is 140 Å². The molecule has 0 spiro atoms. The predicted molar refractivity (Wildman–Crippen MR) is 203 cm³/mol. The molecule has 4 rings (SSSR count). The van der Waals surface area contributed by atoms with E-state index in [1.807, 2.05) is 42.7 Å². The Hall–Kier alpha value is -3.35. The van der Waals surface area contributed by atoms with Crippen molar-refractivity contribution in [1.29, 1.82) is 0 Å². The maximum absolute atomic E-state index is 14.3. The molecule has 2 amide bonds. The molecule has 1 aliphatic rings. The van der Waals surface area contributed by atoms with Gasteiger partial charge in [-0.3, -0.25) is 14.9 Å². The van der Waals surface area contributed by atoms with E-state index in [0.29, 0.717) is 29.1 Å². The van der Waals surface area contributed by atoms with Crippen LogP contribution in [0, 0.1) is 5.41 Å². The normalized spacial score (nSPS) is 17.8. The van der Waals surface area contributed by atoms with Gasteiger partial charge < -0.3 is 29.0 Å². The van der Waals surface area contributed by atoms with Crippen LogP contribution in [0.4, 0.5) is 11.4 Å². The number of ether oxygens (including phenoxy) is 3. The zero-order valence-corrected chi connectivity index (χ0v) is 32.8. The molecule has 1 heterocycles. The van der Waals surface area contributed by atoms with Crippen LogP contribution in [0.25, 0.3) is 0 Å². The first kappa shape index (κ1) is 40.4. The van der Waals surface area contributed by atoms with Gasteiger partial charge in [-0.2, -0.15) is 0 Å². The highest BCUT2D eigenvalue weighted by Crippen LogP contribution is 2.47. The van der Waals surface area contributed by atoms with Crippen LogP contribution < -0.4 is 20.3 Å². The zero-order valence-electron chi connectivity index (χ0n) is 30.0. The molecule has 2 N–H and O–H groups in total. The second-order valence-corrected chi connectivity index (χ2v) is 16.3. The summed E-state index contributed by atoms with van der Waals surface area (Å²) in [7, 11) is -5.53. The molecular formula is C37H50N3O8PS2.